The van der Waals surface area contributed by atoms with Crippen molar-refractivity contribution in [2.24, 2.45) is 5.73 Å². The van der Waals surface area contributed by atoms with Gasteiger partial charge >= 0.3 is 0 Å². The Kier molecular flexibility index (Phi) is 3.79. The molecule has 0 aliphatic heterocycles. The van der Waals surface area contributed by atoms with Crippen molar-refractivity contribution in [3.05, 3.63) is 54.7 Å². The summed E-state index contributed by atoms with van der Waals surface area (Å²) in [6, 6.07) is 7.49. The molecule has 2 heterocycles. The van der Waals surface area contributed by atoms with E-state index in [1.54, 1.807) is 12.4 Å². The molecule has 0 aliphatic carbocycles. The summed E-state index contributed by atoms with van der Waals surface area (Å²) < 4.78 is 0. The minimum absolute atomic E-state index is 0.0464. The summed E-state index contributed by atoms with van der Waals surface area (Å²) in [7, 11) is 0. The molecule has 0 fully saturated rings. The van der Waals surface area contributed by atoms with Crippen LogP contribution >= 0.6 is 0 Å². The molecule has 0 saturated heterocycles. The summed E-state index contributed by atoms with van der Waals surface area (Å²) in [4.78, 5) is 27.2. The number of nitrogens with zero attached hydrogens (tertiary/aromatic N) is 4. The van der Waals surface area contributed by atoms with Crippen molar-refractivity contribution >= 4 is 23.4 Å². The molecule has 5 N–H and O–H groups in total. The molecule has 8 heteroatoms. The van der Waals surface area contributed by atoms with Gasteiger partial charge in [-0.05, 0) is 17.7 Å². The first-order chi connectivity index (χ1) is 11.1. The van der Waals surface area contributed by atoms with Crippen LogP contribution in [-0.4, -0.2) is 25.8 Å². The van der Waals surface area contributed by atoms with Crippen LogP contribution in [0.4, 0.5) is 17.5 Å². The van der Waals surface area contributed by atoms with E-state index in [0.717, 1.165) is 11.1 Å². The van der Waals surface area contributed by atoms with Crippen molar-refractivity contribution in [1.82, 2.24) is 19.9 Å². The second kappa shape index (κ2) is 6.06. The number of anilines is 3. The van der Waals surface area contributed by atoms with Gasteiger partial charge in [-0.3, -0.25) is 4.79 Å². The zero-order valence-electron chi connectivity index (χ0n) is 12.0. The van der Waals surface area contributed by atoms with E-state index in [1.165, 1.54) is 12.5 Å². The molecule has 23 heavy (non-hydrogen) atoms. The highest BCUT2D eigenvalue weighted by Crippen LogP contribution is 2.24. The molecule has 2 aromatic heterocycles. The zero-order chi connectivity index (χ0) is 16.2. The third-order valence-corrected chi connectivity index (χ3v) is 3.09. The fraction of sp³-hybridized carbons (Fsp3) is 0. The van der Waals surface area contributed by atoms with E-state index in [4.69, 9.17) is 11.5 Å². The number of amides is 1. The number of nitrogens with one attached hydrogen (secondary N) is 1. The average Bonchev–Trinajstić information content (AvgIpc) is 2.56. The largest absolute Gasteiger partial charge is 0.368 e. The molecule has 1 amide bonds. The minimum Gasteiger partial charge on any atom is -0.368 e. The maximum Gasteiger partial charge on any atom is 0.254 e. The molecule has 0 bridgehead atoms. The number of aromatic nitrogens is 4. The Bertz CT molecular complexity index is 851. The van der Waals surface area contributed by atoms with Gasteiger partial charge in [-0.25, -0.2) is 15.0 Å². The van der Waals surface area contributed by atoms with Gasteiger partial charge in [0.25, 0.3) is 5.91 Å². The van der Waals surface area contributed by atoms with Crippen molar-refractivity contribution < 1.29 is 4.79 Å². The average molecular weight is 307 g/mol. The van der Waals surface area contributed by atoms with Crippen molar-refractivity contribution in [1.29, 1.82) is 0 Å². The summed E-state index contributed by atoms with van der Waals surface area (Å²) in [5.74, 6) is -0.336. The molecule has 8 nitrogen and oxygen atoms in total. The third kappa shape index (κ3) is 3.21. The Morgan fingerprint density at radius 3 is 2.61 bits per heavy atom. The highest BCUT2D eigenvalue weighted by atomic mass is 16.1. The van der Waals surface area contributed by atoms with Crippen LogP contribution in [-0.2, 0) is 0 Å². The fourth-order valence-corrected chi connectivity index (χ4v) is 2.03. The maximum absolute atomic E-state index is 11.5. The van der Waals surface area contributed by atoms with Gasteiger partial charge in [0.2, 0.25) is 5.95 Å². The van der Waals surface area contributed by atoms with Gasteiger partial charge in [-0.1, -0.05) is 12.1 Å². The Morgan fingerprint density at radius 2 is 1.87 bits per heavy atom. The predicted molar refractivity (Wildman–Crippen MR) is 85.7 cm³/mol. The van der Waals surface area contributed by atoms with Crippen LogP contribution < -0.4 is 16.8 Å². The first kappa shape index (κ1) is 14.4. The number of nitrogen functional groups attached to an aromatic ring is 1. The number of hydrogen-bond acceptors (Lipinski definition) is 7. The SMILES string of the molecule is NC(=O)c1cnc(N)nc1Nc1cccc(-c2cncnc2)c1. The molecule has 0 saturated carbocycles. The summed E-state index contributed by atoms with van der Waals surface area (Å²) in [6.45, 7) is 0. The van der Waals surface area contributed by atoms with E-state index in [0.29, 0.717) is 5.69 Å². The van der Waals surface area contributed by atoms with Gasteiger partial charge in [-0.2, -0.15) is 4.98 Å². The maximum atomic E-state index is 11.5. The number of rotatable bonds is 4. The van der Waals surface area contributed by atoms with Gasteiger partial charge in [0.05, 0.1) is 0 Å². The summed E-state index contributed by atoms with van der Waals surface area (Å²) >= 11 is 0. The fourth-order valence-electron chi connectivity index (χ4n) is 2.03. The smallest absolute Gasteiger partial charge is 0.254 e. The molecule has 114 valence electrons. The molecule has 0 unspecified atom stereocenters. The van der Waals surface area contributed by atoms with Crippen LogP contribution in [0.5, 0.6) is 0 Å². The van der Waals surface area contributed by atoms with E-state index in [2.05, 4.69) is 25.3 Å². The number of nitrogens with two attached hydrogens (primary N) is 2. The minimum atomic E-state index is -0.639. The monoisotopic (exact) mass is 307 g/mol. The van der Waals surface area contributed by atoms with E-state index in [1.807, 2.05) is 24.3 Å². The van der Waals surface area contributed by atoms with Gasteiger partial charge in [0.15, 0.2) is 0 Å². The van der Waals surface area contributed by atoms with Crippen LogP contribution in [0.25, 0.3) is 11.1 Å². The van der Waals surface area contributed by atoms with Gasteiger partial charge < -0.3 is 16.8 Å². The Morgan fingerprint density at radius 1 is 1.09 bits per heavy atom. The molecule has 3 aromatic rings. The molecule has 0 aliphatic rings. The Balaban J connectivity index is 1.96. The van der Waals surface area contributed by atoms with Crippen molar-refractivity contribution in [3.8, 4) is 11.1 Å². The van der Waals surface area contributed by atoms with Crippen molar-refractivity contribution in [3.63, 3.8) is 0 Å². The van der Waals surface area contributed by atoms with Crippen LogP contribution in [0.1, 0.15) is 10.4 Å². The second-order valence-electron chi connectivity index (χ2n) is 4.69. The molecule has 3 rings (SSSR count). The molecule has 1 aromatic carbocycles. The Hall–Kier alpha value is -3.55. The van der Waals surface area contributed by atoms with E-state index in [9.17, 15) is 4.79 Å². The number of hydrogen-bond donors (Lipinski definition) is 3. The van der Waals surface area contributed by atoms with Gasteiger partial charge in [0.1, 0.15) is 17.7 Å². The summed E-state index contributed by atoms with van der Waals surface area (Å²) in [6.07, 6.45) is 6.18. The van der Waals surface area contributed by atoms with Crippen molar-refractivity contribution in [2.45, 2.75) is 0 Å². The predicted octanol–water partition coefficient (Wildman–Crippen LogP) is 1.36. The van der Waals surface area contributed by atoms with Crippen LogP contribution in [0.3, 0.4) is 0 Å². The second-order valence-corrected chi connectivity index (χ2v) is 4.69. The molecule has 0 atom stereocenters. The van der Waals surface area contributed by atoms with Crippen LogP contribution in [0.15, 0.2) is 49.2 Å². The third-order valence-electron chi connectivity index (χ3n) is 3.09. The molecular weight excluding hydrogens is 294 g/mol. The van der Waals surface area contributed by atoms with Gasteiger partial charge in [-0.15, -0.1) is 0 Å². The lowest BCUT2D eigenvalue weighted by molar-refractivity contribution is 0.100. The number of primary amides is 1. The normalized spacial score (nSPS) is 10.3. The molecule has 0 spiro atoms. The van der Waals surface area contributed by atoms with Crippen LogP contribution in [0.2, 0.25) is 0 Å². The quantitative estimate of drug-likeness (QED) is 0.662. The lowest BCUT2D eigenvalue weighted by Crippen LogP contribution is -2.15. The molecular formula is C15H13N7O. The number of carbonyl (C=O) groups excluding carboxylic acids is 1. The topological polar surface area (TPSA) is 133 Å². The number of carbonyl (C=O) groups is 1. The Labute approximate surface area is 131 Å². The highest BCUT2D eigenvalue weighted by Gasteiger charge is 2.11. The zero-order valence-corrected chi connectivity index (χ0v) is 12.0. The van der Waals surface area contributed by atoms with Crippen molar-refractivity contribution in [2.75, 3.05) is 11.1 Å². The first-order valence-electron chi connectivity index (χ1n) is 6.68. The van der Waals surface area contributed by atoms with E-state index >= 15 is 0 Å². The first-order valence-corrected chi connectivity index (χ1v) is 6.68. The van der Waals surface area contributed by atoms with E-state index < -0.39 is 5.91 Å². The number of benzene rings is 1. The van der Waals surface area contributed by atoms with E-state index in [-0.39, 0.29) is 17.3 Å². The lowest BCUT2D eigenvalue weighted by Gasteiger charge is -2.10. The summed E-state index contributed by atoms with van der Waals surface area (Å²) in [5.41, 5.74) is 13.6. The lowest BCUT2D eigenvalue weighted by atomic mass is 10.1. The van der Waals surface area contributed by atoms with Gasteiger partial charge in [0, 0.05) is 29.8 Å². The standard InChI is InChI=1S/C15H13N7O/c16-13(23)12-7-20-15(17)22-14(12)21-11-3-1-2-9(4-11)10-5-18-8-19-6-10/h1-8H,(H2,16,23)(H3,17,20,21,22). The summed E-state index contributed by atoms with van der Waals surface area (Å²) in [5, 5.41) is 3.03. The highest BCUT2D eigenvalue weighted by molar-refractivity contribution is 5.98. The molecule has 0 radical (unpaired) electrons. The van der Waals surface area contributed by atoms with Crippen LogP contribution in [0, 0.1) is 0 Å².